The van der Waals surface area contributed by atoms with Gasteiger partial charge in [-0.05, 0) is 36.4 Å². The molecule has 0 atom stereocenters. The molecule has 0 heterocycles. The lowest BCUT2D eigenvalue weighted by Crippen LogP contribution is -2.21. The zero-order valence-corrected chi connectivity index (χ0v) is 12.9. The molecule has 120 valence electrons. The van der Waals surface area contributed by atoms with Gasteiger partial charge in [0.25, 0.3) is 15.9 Å². The number of sulfonamides is 1. The third-order valence-electron chi connectivity index (χ3n) is 3.05. The van der Waals surface area contributed by atoms with E-state index < -0.39 is 21.9 Å². The fraction of sp³-hybridized carbons (Fsp3) is 0.0667. The molecular formula is C15H14N2O5S. The van der Waals surface area contributed by atoms with Crippen molar-refractivity contribution < 1.29 is 23.1 Å². The van der Waals surface area contributed by atoms with Gasteiger partial charge in [0.2, 0.25) is 0 Å². The maximum Gasteiger partial charge on any atom is 0.335 e. The second-order valence-corrected chi connectivity index (χ2v) is 6.24. The lowest BCUT2D eigenvalue weighted by Gasteiger charge is -2.12. The Morgan fingerprint density at radius 3 is 2.17 bits per heavy atom. The summed E-state index contributed by atoms with van der Waals surface area (Å²) in [6, 6.07) is 10.9. The highest BCUT2D eigenvalue weighted by molar-refractivity contribution is 7.92. The van der Waals surface area contributed by atoms with Crippen LogP contribution in [0.5, 0.6) is 0 Å². The molecule has 1 amide bonds. The summed E-state index contributed by atoms with van der Waals surface area (Å²) in [6.07, 6.45) is 0. The molecule has 0 aliphatic carbocycles. The first-order valence-corrected chi connectivity index (χ1v) is 8.01. The van der Waals surface area contributed by atoms with Crippen LogP contribution in [0.4, 0.5) is 5.69 Å². The molecule has 23 heavy (non-hydrogen) atoms. The molecule has 2 aromatic rings. The SMILES string of the molecule is CNC(=O)c1ccccc1NS(=O)(=O)c1ccc(C(=O)O)cc1. The van der Waals surface area contributed by atoms with Gasteiger partial charge in [-0.3, -0.25) is 9.52 Å². The van der Waals surface area contributed by atoms with E-state index in [1.54, 1.807) is 12.1 Å². The first kappa shape index (κ1) is 16.5. The van der Waals surface area contributed by atoms with Crippen LogP contribution in [0, 0.1) is 0 Å². The molecule has 0 spiro atoms. The van der Waals surface area contributed by atoms with E-state index in [0.717, 1.165) is 0 Å². The van der Waals surface area contributed by atoms with E-state index in [-0.39, 0.29) is 21.7 Å². The van der Waals surface area contributed by atoms with Gasteiger partial charge in [-0.1, -0.05) is 12.1 Å². The number of aromatic carboxylic acids is 1. The summed E-state index contributed by atoms with van der Waals surface area (Å²) >= 11 is 0. The van der Waals surface area contributed by atoms with Crippen LogP contribution in [0.1, 0.15) is 20.7 Å². The molecule has 2 rings (SSSR count). The Morgan fingerprint density at radius 2 is 1.61 bits per heavy atom. The van der Waals surface area contributed by atoms with Crippen molar-refractivity contribution in [3.8, 4) is 0 Å². The van der Waals surface area contributed by atoms with E-state index >= 15 is 0 Å². The third kappa shape index (κ3) is 3.67. The zero-order chi connectivity index (χ0) is 17.0. The molecule has 0 saturated heterocycles. The minimum Gasteiger partial charge on any atom is -0.478 e. The molecule has 0 saturated carbocycles. The second-order valence-electron chi connectivity index (χ2n) is 4.56. The van der Waals surface area contributed by atoms with Crippen molar-refractivity contribution >= 4 is 27.6 Å². The molecule has 8 heteroatoms. The predicted octanol–water partition coefficient (Wildman–Crippen LogP) is 1.55. The number of benzene rings is 2. The molecule has 2 aromatic carbocycles. The van der Waals surface area contributed by atoms with Crippen LogP contribution in [-0.4, -0.2) is 32.4 Å². The van der Waals surface area contributed by atoms with Gasteiger partial charge in [-0.25, -0.2) is 13.2 Å². The van der Waals surface area contributed by atoms with Crippen LogP contribution >= 0.6 is 0 Å². The highest BCUT2D eigenvalue weighted by Gasteiger charge is 2.18. The summed E-state index contributed by atoms with van der Waals surface area (Å²) in [5.74, 6) is -1.57. The number of hydrogen-bond acceptors (Lipinski definition) is 4. The summed E-state index contributed by atoms with van der Waals surface area (Å²) in [5, 5.41) is 11.3. The van der Waals surface area contributed by atoms with E-state index in [1.165, 1.54) is 43.4 Å². The maximum absolute atomic E-state index is 12.4. The number of amides is 1. The van der Waals surface area contributed by atoms with Crippen molar-refractivity contribution in [1.82, 2.24) is 5.32 Å². The Balaban J connectivity index is 2.35. The van der Waals surface area contributed by atoms with Crippen LogP contribution in [0.2, 0.25) is 0 Å². The Labute approximate surface area is 133 Å². The summed E-state index contributed by atoms with van der Waals surface area (Å²) < 4.78 is 27.0. The van der Waals surface area contributed by atoms with Gasteiger partial charge in [0.15, 0.2) is 0 Å². The Hall–Kier alpha value is -2.87. The van der Waals surface area contributed by atoms with Crippen molar-refractivity contribution in [2.24, 2.45) is 0 Å². The van der Waals surface area contributed by atoms with Crippen molar-refractivity contribution in [3.63, 3.8) is 0 Å². The summed E-state index contributed by atoms with van der Waals surface area (Å²) in [6.45, 7) is 0. The fourth-order valence-corrected chi connectivity index (χ4v) is 2.96. The van der Waals surface area contributed by atoms with Crippen LogP contribution in [-0.2, 0) is 10.0 Å². The molecule has 7 nitrogen and oxygen atoms in total. The minimum atomic E-state index is -3.94. The second kappa shape index (κ2) is 6.49. The van der Waals surface area contributed by atoms with Crippen molar-refractivity contribution in [3.05, 3.63) is 59.7 Å². The number of hydrogen-bond donors (Lipinski definition) is 3. The molecule has 0 unspecified atom stereocenters. The van der Waals surface area contributed by atoms with Crippen molar-refractivity contribution in [2.75, 3.05) is 11.8 Å². The molecule has 0 aromatic heterocycles. The lowest BCUT2D eigenvalue weighted by atomic mass is 10.2. The monoisotopic (exact) mass is 334 g/mol. The van der Waals surface area contributed by atoms with Crippen molar-refractivity contribution in [2.45, 2.75) is 4.90 Å². The number of carboxylic acid groups (broad SMARTS) is 1. The number of anilines is 1. The number of nitrogens with one attached hydrogen (secondary N) is 2. The minimum absolute atomic E-state index is 0.0188. The van der Waals surface area contributed by atoms with Gasteiger partial charge < -0.3 is 10.4 Å². The average Bonchev–Trinajstić information content (AvgIpc) is 2.54. The molecule has 0 radical (unpaired) electrons. The fourth-order valence-electron chi connectivity index (χ4n) is 1.89. The average molecular weight is 334 g/mol. The van der Waals surface area contributed by atoms with Gasteiger partial charge >= 0.3 is 5.97 Å². The topological polar surface area (TPSA) is 113 Å². The largest absolute Gasteiger partial charge is 0.478 e. The van der Waals surface area contributed by atoms with E-state index in [4.69, 9.17) is 5.11 Å². The van der Waals surface area contributed by atoms with Crippen LogP contribution in [0.3, 0.4) is 0 Å². The van der Waals surface area contributed by atoms with E-state index in [2.05, 4.69) is 10.0 Å². The van der Waals surface area contributed by atoms with Gasteiger partial charge in [0.05, 0.1) is 21.7 Å². The van der Waals surface area contributed by atoms with Gasteiger partial charge in [0, 0.05) is 7.05 Å². The summed E-state index contributed by atoms with van der Waals surface area (Å²) in [4.78, 5) is 22.5. The predicted molar refractivity (Wildman–Crippen MR) is 84.0 cm³/mol. The van der Waals surface area contributed by atoms with Crippen LogP contribution in [0.25, 0.3) is 0 Å². The Kier molecular flexibility index (Phi) is 4.65. The molecule has 0 aliphatic heterocycles. The number of carbonyl (C=O) groups excluding carboxylic acids is 1. The van der Waals surface area contributed by atoms with Gasteiger partial charge in [-0.2, -0.15) is 0 Å². The molecular weight excluding hydrogens is 320 g/mol. The smallest absolute Gasteiger partial charge is 0.335 e. The lowest BCUT2D eigenvalue weighted by molar-refractivity contribution is 0.0696. The third-order valence-corrected chi connectivity index (χ3v) is 4.44. The number of carboxylic acids is 1. The van der Waals surface area contributed by atoms with Crippen LogP contribution < -0.4 is 10.0 Å². The summed E-state index contributed by atoms with van der Waals surface area (Å²) in [7, 11) is -2.50. The molecule has 0 aliphatic rings. The molecule has 0 fully saturated rings. The summed E-state index contributed by atoms with van der Waals surface area (Å²) in [5.41, 5.74) is 0.296. The normalized spacial score (nSPS) is 10.8. The highest BCUT2D eigenvalue weighted by Crippen LogP contribution is 2.20. The van der Waals surface area contributed by atoms with E-state index in [0.29, 0.717) is 0 Å². The number of para-hydroxylation sites is 1. The Morgan fingerprint density at radius 1 is 1.00 bits per heavy atom. The number of carbonyl (C=O) groups is 2. The maximum atomic E-state index is 12.4. The first-order valence-electron chi connectivity index (χ1n) is 6.52. The van der Waals surface area contributed by atoms with Crippen molar-refractivity contribution in [1.29, 1.82) is 0 Å². The standard InChI is InChI=1S/C15H14N2O5S/c1-16-14(18)12-4-2-3-5-13(12)17-23(21,22)11-8-6-10(7-9-11)15(19)20/h2-9,17H,1H3,(H,16,18)(H,19,20). The molecule has 3 N–H and O–H groups in total. The van der Waals surface area contributed by atoms with Gasteiger partial charge in [-0.15, -0.1) is 0 Å². The highest BCUT2D eigenvalue weighted by atomic mass is 32.2. The number of rotatable bonds is 5. The quantitative estimate of drug-likeness (QED) is 0.768. The first-order chi connectivity index (χ1) is 10.8. The Bertz CT molecular complexity index is 844. The van der Waals surface area contributed by atoms with E-state index in [1.807, 2.05) is 0 Å². The van der Waals surface area contributed by atoms with Gasteiger partial charge in [0.1, 0.15) is 0 Å². The zero-order valence-electron chi connectivity index (χ0n) is 12.1. The van der Waals surface area contributed by atoms with E-state index in [9.17, 15) is 18.0 Å². The van der Waals surface area contributed by atoms with Crippen LogP contribution in [0.15, 0.2) is 53.4 Å². The molecule has 0 bridgehead atoms.